The SMILES string of the molecule is C[C@H](NC(=O)c1ccoc1)C(=O)N1CCn2cccc2[C@@H]1c1ccccc1. The summed E-state index contributed by atoms with van der Waals surface area (Å²) in [7, 11) is 0. The third-order valence-electron chi connectivity index (χ3n) is 4.94. The second-order valence-electron chi connectivity index (χ2n) is 6.68. The number of rotatable bonds is 4. The van der Waals surface area contributed by atoms with E-state index in [0.29, 0.717) is 12.1 Å². The van der Waals surface area contributed by atoms with Crippen LogP contribution in [0.25, 0.3) is 0 Å². The molecule has 1 N–H and O–H groups in total. The minimum Gasteiger partial charge on any atom is -0.472 e. The van der Waals surface area contributed by atoms with Gasteiger partial charge in [-0.1, -0.05) is 30.3 Å². The number of hydrogen-bond acceptors (Lipinski definition) is 3. The summed E-state index contributed by atoms with van der Waals surface area (Å²) in [4.78, 5) is 27.3. The highest BCUT2D eigenvalue weighted by atomic mass is 16.3. The van der Waals surface area contributed by atoms with E-state index in [9.17, 15) is 9.59 Å². The van der Waals surface area contributed by atoms with Gasteiger partial charge in [0, 0.05) is 25.0 Å². The molecular weight excluding hydrogens is 342 g/mol. The maximum Gasteiger partial charge on any atom is 0.255 e. The highest BCUT2D eigenvalue weighted by Crippen LogP contribution is 2.32. The van der Waals surface area contributed by atoms with E-state index in [2.05, 4.69) is 9.88 Å². The van der Waals surface area contributed by atoms with Gasteiger partial charge in [-0.15, -0.1) is 0 Å². The number of furan rings is 1. The Morgan fingerprint density at radius 2 is 1.93 bits per heavy atom. The van der Waals surface area contributed by atoms with Crippen LogP contribution in [0.2, 0.25) is 0 Å². The Kier molecular flexibility index (Phi) is 4.54. The molecule has 6 nitrogen and oxygen atoms in total. The van der Waals surface area contributed by atoms with Gasteiger partial charge in [0.25, 0.3) is 5.91 Å². The van der Waals surface area contributed by atoms with Crippen molar-refractivity contribution in [3.63, 3.8) is 0 Å². The van der Waals surface area contributed by atoms with E-state index in [1.165, 1.54) is 12.5 Å². The zero-order valence-corrected chi connectivity index (χ0v) is 15.0. The number of amides is 2. The fraction of sp³-hybridized carbons (Fsp3) is 0.238. The van der Waals surface area contributed by atoms with Crippen LogP contribution in [0, 0.1) is 0 Å². The van der Waals surface area contributed by atoms with Crippen LogP contribution < -0.4 is 5.32 Å². The van der Waals surface area contributed by atoms with Gasteiger partial charge in [-0.3, -0.25) is 9.59 Å². The van der Waals surface area contributed by atoms with Crippen molar-refractivity contribution in [1.82, 2.24) is 14.8 Å². The van der Waals surface area contributed by atoms with E-state index in [1.807, 2.05) is 53.6 Å². The van der Waals surface area contributed by atoms with Gasteiger partial charge in [-0.05, 0) is 30.7 Å². The molecule has 0 saturated carbocycles. The summed E-state index contributed by atoms with van der Waals surface area (Å²) in [5, 5.41) is 2.77. The van der Waals surface area contributed by atoms with Crippen molar-refractivity contribution in [2.45, 2.75) is 25.6 Å². The summed E-state index contributed by atoms with van der Waals surface area (Å²) in [6.45, 7) is 3.04. The van der Waals surface area contributed by atoms with Crippen LogP contribution in [0.4, 0.5) is 0 Å². The van der Waals surface area contributed by atoms with E-state index in [4.69, 9.17) is 4.42 Å². The van der Waals surface area contributed by atoms with E-state index in [0.717, 1.165) is 17.8 Å². The highest BCUT2D eigenvalue weighted by molar-refractivity contribution is 5.97. The monoisotopic (exact) mass is 363 g/mol. The molecule has 3 heterocycles. The molecule has 0 spiro atoms. The minimum atomic E-state index is -0.639. The van der Waals surface area contributed by atoms with E-state index in [1.54, 1.807) is 13.0 Å². The molecule has 138 valence electrons. The molecule has 0 radical (unpaired) electrons. The van der Waals surface area contributed by atoms with Gasteiger partial charge in [0.05, 0.1) is 17.9 Å². The van der Waals surface area contributed by atoms with Crippen LogP contribution in [-0.2, 0) is 11.3 Å². The van der Waals surface area contributed by atoms with Gasteiger partial charge >= 0.3 is 0 Å². The van der Waals surface area contributed by atoms with Crippen molar-refractivity contribution >= 4 is 11.8 Å². The number of nitrogens with zero attached hydrogens (tertiary/aromatic N) is 2. The van der Waals surface area contributed by atoms with Crippen LogP contribution in [0.1, 0.15) is 34.6 Å². The molecule has 1 aromatic carbocycles. The fourth-order valence-electron chi connectivity index (χ4n) is 3.59. The van der Waals surface area contributed by atoms with Gasteiger partial charge in [0.15, 0.2) is 0 Å². The molecule has 2 atom stereocenters. The zero-order chi connectivity index (χ0) is 18.8. The molecule has 0 bridgehead atoms. The van der Waals surface area contributed by atoms with Gasteiger partial charge in [0.1, 0.15) is 12.3 Å². The number of benzene rings is 1. The topological polar surface area (TPSA) is 67.5 Å². The molecule has 6 heteroatoms. The average Bonchev–Trinajstić information content (AvgIpc) is 3.38. The lowest BCUT2D eigenvalue weighted by atomic mass is 9.99. The largest absolute Gasteiger partial charge is 0.472 e. The lowest BCUT2D eigenvalue weighted by molar-refractivity contribution is -0.135. The molecule has 2 aromatic heterocycles. The third-order valence-corrected chi connectivity index (χ3v) is 4.94. The second-order valence-corrected chi connectivity index (χ2v) is 6.68. The first kappa shape index (κ1) is 17.1. The molecule has 1 aliphatic heterocycles. The van der Waals surface area contributed by atoms with Gasteiger partial charge in [0.2, 0.25) is 5.91 Å². The molecule has 4 rings (SSSR count). The van der Waals surface area contributed by atoms with Crippen molar-refractivity contribution in [2.75, 3.05) is 6.54 Å². The summed E-state index contributed by atoms with van der Waals surface area (Å²) in [6.07, 6.45) is 4.84. The standard InChI is InChI=1S/C21H21N3O3/c1-15(22-20(25)17-9-13-27-14-17)21(26)24-12-11-23-10-5-8-18(23)19(24)16-6-3-2-4-7-16/h2-10,13-15,19H,11-12H2,1H3,(H,22,25)/t15-,19-/m0/s1. The predicted molar refractivity (Wildman–Crippen MR) is 100 cm³/mol. The highest BCUT2D eigenvalue weighted by Gasteiger charge is 2.34. The Morgan fingerprint density at radius 1 is 1.11 bits per heavy atom. The quantitative estimate of drug-likeness (QED) is 0.775. The molecule has 0 aliphatic carbocycles. The average molecular weight is 363 g/mol. The number of hydrogen-bond donors (Lipinski definition) is 1. The van der Waals surface area contributed by atoms with Gasteiger partial charge in [-0.25, -0.2) is 0 Å². The molecule has 0 saturated heterocycles. The van der Waals surface area contributed by atoms with E-state index >= 15 is 0 Å². The second kappa shape index (κ2) is 7.15. The van der Waals surface area contributed by atoms with E-state index in [-0.39, 0.29) is 17.9 Å². The number of nitrogens with one attached hydrogen (secondary N) is 1. The summed E-state index contributed by atoms with van der Waals surface area (Å²) in [6, 6.07) is 14.8. The molecule has 1 aliphatic rings. The summed E-state index contributed by atoms with van der Waals surface area (Å²) < 4.78 is 7.12. The van der Waals surface area contributed by atoms with Crippen molar-refractivity contribution in [2.24, 2.45) is 0 Å². The van der Waals surface area contributed by atoms with Crippen molar-refractivity contribution in [3.05, 3.63) is 84.1 Å². The van der Waals surface area contributed by atoms with Crippen LogP contribution in [0.5, 0.6) is 0 Å². The molecule has 0 fully saturated rings. The summed E-state index contributed by atoms with van der Waals surface area (Å²) in [5.74, 6) is -0.422. The molecule has 2 amide bonds. The Labute approximate surface area is 157 Å². The Morgan fingerprint density at radius 3 is 2.67 bits per heavy atom. The predicted octanol–water partition coefficient (Wildman–Crippen LogP) is 2.83. The van der Waals surface area contributed by atoms with Crippen molar-refractivity contribution in [3.8, 4) is 0 Å². The smallest absolute Gasteiger partial charge is 0.255 e. The summed E-state index contributed by atoms with van der Waals surface area (Å²) >= 11 is 0. The van der Waals surface area contributed by atoms with Crippen LogP contribution in [-0.4, -0.2) is 33.9 Å². The van der Waals surface area contributed by atoms with Crippen LogP contribution >= 0.6 is 0 Å². The zero-order valence-electron chi connectivity index (χ0n) is 15.0. The Balaban J connectivity index is 1.59. The number of carbonyl (C=O) groups is 2. The number of fused-ring (bicyclic) bond motifs is 1. The Hall–Kier alpha value is -3.28. The van der Waals surface area contributed by atoms with Crippen LogP contribution in [0.3, 0.4) is 0 Å². The normalized spacial score (nSPS) is 17.2. The first-order chi connectivity index (χ1) is 13.1. The third kappa shape index (κ3) is 3.26. The molecule has 0 unspecified atom stereocenters. The lowest BCUT2D eigenvalue weighted by Crippen LogP contribution is -2.51. The minimum absolute atomic E-state index is 0.104. The van der Waals surface area contributed by atoms with Crippen molar-refractivity contribution < 1.29 is 14.0 Å². The van der Waals surface area contributed by atoms with Gasteiger partial charge in [-0.2, -0.15) is 0 Å². The van der Waals surface area contributed by atoms with E-state index < -0.39 is 6.04 Å². The molecule has 27 heavy (non-hydrogen) atoms. The van der Waals surface area contributed by atoms with Gasteiger partial charge < -0.3 is 19.2 Å². The first-order valence-electron chi connectivity index (χ1n) is 8.98. The number of carbonyl (C=O) groups excluding carboxylic acids is 2. The van der Waals surface area contributed by atoms with Crippen LogP contribution in [0.15, 0.2) is 71.7 Å². The van der Waals surface area contributed by atoms with Crippen molar-refractivity contribution in [1.29, 1.82) is 0 Å². The maximum atomic E-state index is 13.2. The molecule has 3 aromatic rings. The number of aromatic nitrogens is 1. The summed E-state index contributed by atoms with van der Waals surface area (Å²) in [5.41, 5.74) is 2.54. The lowest BCUT2D eigenvalue weighted by Gasteiger charge is -2.38. The maximum absolute atomic E-state index is 13.2. The fourth-order valence-corrected chi connectivity index (χ4v) is 3.59. The Bertz CT molecular complexity index is 931. The molecular formula is C21H21N3O3. The first-order valence-corrected chi connectivity index (χ1v) is 8.98.